The molecule has 0 radical (unpaired) electrons. The quantitative estimate of drug-likeness (QED) is 0.647. The smallest absolute Gasteiger partial charge is 0.390 e. The van der Waals surface area contributed by atoms with Gasteiger partial charge in [0.05, 0.1) is 30.5 Å². The maximum Gasteiger partial charge on any atom is 0.390 e. The molecule has 2 aromatic rings. The van der Waals surface area contributed by atoms with Crippen LogP contribution in [0.4, 0.5) is 5.82 Å². The van der Waals surface area contributed by atoms with Crippen molar-refractivity contribution in [3.63, 3.8) is 0 Å². The van der Waals surface area contributed by atoms with Crippen LogP contribution in [0, 0.1) is 24.0 Å². The monoisotopic (exact) mass is 318 g/mol. The number of hydrogen-bond donors (Lipinski definition) is 1. The maximum absolute atomic E-state index is 12.2. The van der Waals surface area contributed by atoms with E-state index in [4.69, 9.17) is 4.74 Å². The molecule has 0 spiro atoms. The fourth-order valence-electron chi connectivity index (χ4n) is 2.26. The van der Waals surface area contributed by atoms with E-state index in [1.54, 1.807) is 32.2 Å². The van der Waals surface area contributed by atoms with Crippen molar-refractivity contribution >= 4 is 11.7 Å². The minimum atomic E-state index is -0.540. The van der Waals surface area contributed by atoms with Gasteiger partial charge in [0, 0.05) is 17.7 Å². The molecule has 0 fully saturated rings. The normalized spacial score (nSPS) is 10.4. The lowest BCUT2D eigenvalue weighted by Crippen LogP contribution is -2.28. The zero-order valence-corrected chi connectivity index (χ0v) is 13.2. The molecular formula is C15H18N4O4. The molecule has 23 heavy (non-hydrogen) atoms. The number of rotatable bonds is 6. The summed E-state index contributed by atoms with van der Waals surface area (Å²) < 4.78 is 6.69. The van der Waals surface area contributed by atoms with Gasteiger partial charge in [-0.25, -0.2) is 0 Å². The number of aryl methyl sites for hydroxylation is 1. The van der Waals surface area contributed by atoms with E-state index in [1.807, 2.05) is 6.92 Å². The summed E-state index contributed by atoms with van der Waals surface area (Å²) in [6, 6.07) is 6.66. The first kappa shape index (κ1) is 16.5. The molecule has 0 aliphatic rings. The molecule has 1 heterocycles. The van der Waals surface area contributed by atoms with Gasteiger partial charge >= 0.3 is 5.82 Å². The van der Waals surface area contributed by atoms with Crippen LogP contribution in [0.1, 0.15) is 21.6 Å². The first-order chi connectivity index (χ1) is 10.9. The summed E-state index contributed by atoms with van der Waals surface area (Å²) in [5, 5.41) is 17.3. The Hall–Kier alpha value is -2.90. The van der Waals surface area contributed by atoms with E-state index in [0.29, 0.717) is 30.1 Å². The van der Waals surface area contributed by atoms with Crippen molar-refractivity contribution < 1.29 is 14.5 Å². The molecule has 0 bridgehead atoms. The van der Waals surface area contributed by atoms with Crippen LogP contribution >= 0.6 is 0 Å². The summed E-state index contributed by atoms with van der Waals surface area (Å²) in [6.07, 6.45) is 0. The van der Waals surface area contributed by atoms with Crippen LogP contribution < -0.4 is 10.1 Å². The molecule has 8 heteroatoms. The molecule has 0 saturated heterocycles. The molecule has 1 amide bonds. The summed E-state index contributed by atoms with van der Waals surface area (Å²) in [7, 11) is 1.55. The number of nitrogens with one attached hydrogen (secondary N) is 1. The number of ether oxygens (including phenoxy) is 1. The average molecular weight is 318 g/mol. The van der Waals surface area contributed by atoms with Gasteiger partial charge in [-0.3, -0.25) is 4.79 Å². The molecular weight excluding hydrogens is 300 g/mol. The van der Waals surface area contributed by atoms with E-state index in [9.17, 15) is 14.9 Å². The number of benzene rings is 1. The predicted molar refractivity (Wildman–Crippen MR) is 83.7 cm³/mol. The van der Waals surface area contributed by atoms with Gasteiger partial charge in [-0.15, -0.1) is 0 Å². The predicted octanol–water partition coefficient (Wildman–Crippen LogP) is 1.85. The Balaban J connectivity index is 1.99. The van der Waals surface area contributed by atoms with Gasteiger partial charge in [0.2, 0.25) is 0 Å². The summed E-state index contributed by atoms with van der Waals surface area (Å²) in [6.45, 7) is 4.21. The fourth-order valence-corrected chi connectivity index (χ4v) is 2.26. The van der Waals surface area contributed by atoms with Crippen molar-refractivity contribution in [2.75, 3.05) is 13.7 Å². The standard InChI is InChI=1S/C15H18N4O4/c1-10-9-14(19(21)22)17-18(10)8-7-16-15(20)12-5-4-6-13(23-3)11(12)2/h4-6,9H,7-8H2,1-3H3,(H,16,20). The topological polar surface area (TPSA) is 99.3 Å². The molecule has 0 saturated carbocycles. The highest BCUT2D eigenvalue weighted by Crippen LogP contribution is 2.20. The highest BCUT2D eigenvalue weighted by Gasteiger charge is 2.16. The molecule has 1 N–H and O–H groups in total. The summed E-state index contributed by atoms with van der Waals surface area (Å²) in [5.41, 5.74) is 1.97. The molecule has 0 atom stereocenters. The Kier molecular flexibility index (Phi) is 4.95. The molecule has 8 nitrogen and oxygen atoms in total. The Morgan fingerprint density at radius 3 is 2.78 bits per heavy atom. The third kappa shape index (κ3) is 3.65. The number of nitro groups is 1. The van der Waals surface area contributed by atoms with E-state index in [2.05, 4.69) is 10.4 Å². The van der Waals surface area contributed by atoms with Gasteiger partial charge in [0.1, 0.15) is 5.75 Å². The number of methoxy groups -OCH3 is 1. The second-order valence-electron chi connectivity index (χ2n) is 5.01. The SMILES string of the molecule is COc1cccc(C(=O)NCCn2nc([N+](=O)[O-])cc2C)c1C. The van der Waals surface area contributed by atoms with Crippen LogP contribution in [0.25, 0.3) is 0 Å². The van der Waals surface area contributed by atoms with Crippen molar-refractivity contribution in [3.05, 3.63) is 51.2 Å². The van der Waals surface area contributed by atoms with Crippen molar-refractivity contribution in [2.45, 2.75) is 20.4 Å². The van der Waals surface area contributed by atoms with E-state index in [-0.39, 0.29) is 11.7 Å². The molecule has 0 aliphatic heterocycles. The Labute approximate surface area is 133 Å². The van der Waals surface area contributed by atoms with Crippen LogP contribution in [-0.4, -0.2) is 34.3 Å². The van der Waals surface area contributed by atoms with E-state index in [0.717, 1.165) is 5.56 Å². The van der Waals surface area contributed by atoms with Gasteiger partial charge in [0.15, 0.2) is 0 Å². The van der Waals surface area contributed by atoms with Crippen LogP contribution in [0.3, 0.4) is 0 Å². The van der Waals surface area contributed by atoms with Gasteiger partial charge < -0.3 is 20.2 Å². The second-order valence-corrected chi connectivity index (χ2v) is 5.01. The number of aromatic nitrogens is 2. The maximum atomic E-state index is 12.2. The largest absolute Gasteiger partial charge is 0.496 e. The number of hydrogen-bond acceptors (Lipinski definition) is 5. The van der Waals surface area contributed by atoms with E-state index in [1.165, 1.54) is 10.7 Å². The lowest BCUT2D eigenvalue weighted by molar-refractivity contribution is -0.389. The summed E-state index contributed by atoms with van der Waals surface area (Å²) >= 11 is 0. The van der Waals surface area contributed by atoms with Crippen LogP contribution in [0.15, 0.2) is 24.3 Å². The molecule has 0 unspecified atom stereocenters. The van der Waals surface area contributed by atoms with Gasteiger partial charge in [-0.1, -0.05) is 6.07 Å². The van der Waals surface area contributed by atoms with Crippen LogP contribution in [0.5, 0.6) is 5.75 Å². The minimum Gasteiger partial charge on any atom is -0.496 e. The molecule has 2 rings (SSSR count). The fraction of sp³-hybridized carbons (Fsp3) is 0.333. The Morgan fingerprint density at radius 2 is 2.17 bits per heavy atom. The Bertz CT molecular complexity index is 739. The Morgan fingerprint density at radius 1 is 1.43 bits per heavy atom. The first-order valence-electron chi connectivity index (χ1n) is 7.04. The third-order valence-corrected chi connectivity index (χ3v) is 3.51. The zero-order chi connectivity index (χ0) is 17.0. The molecule has 122 valence electrons. The highest BCUT2D eigenvalue weighted by molar-refractivity contribution is 5.96. The number of nitrogens with zero attached hydrogens (tertiary/aromatic N) is 3. The van der Waals surface area contributed by atoms with Gasteiger partial charge in [0.25, 0.3) is 5.91 Å². The van der Waals surface area contributed by atoms with Gasteiger partial charge in [-0.2, -0.15) is 4.68 Å². The lowest BCUT2D eigenvalue weighted by Gasteiger charge is -2.10. The summed E-state index contributed by atoms with van der Waals surface area (Å²) in [5.74, 6) is 0.231. The number of carbonyl (C=O) groups excluding carboxylic acids is 1. The van der Waals surface area contributed by atoms with Gasteiger partial charge in [-0.05, 0) is 30.9 Å². The minimum absolute atomic E-state index is 0.197. The third-order valence-electron chi connectivity index (χ3n) is 3.51. The lowest BCUT2D eigenvalue weighted by atomic mass is 10.1. The zero-order valence-electron chi connectivity index (χ0n) is 13.2. The molecule has 1 aromatic carbocycles. The average Bonchev–Trinajstić information content (AvgIpc) is 2.89. The van der Waals surface area contributed by atoms with Crippen molar-refractivity contribution in [3.8, 4) is 5.75 Å². The highest BCUT2D eigenvalue weighted by atomic mass is 16.6. The summed E-state index contributed by atoms with van der Waals surface area (Å²) in [4.78, 5) is 22.4. The van der Waals surface area contributed by atoms with E-state index < -0.39 is 4.92 Å². The molecule has 0 aliphatic carbocycles. The van der Waals surface area contributed by atoms with Crippen molar-refractivity contribution in [1.82, 2.24) is 15.1 Å². The van der Waals surface area contributed by atoms with Crippen LogP contribution in [-0.2, 0) is 6.54 Å². The first-order valence-corrected chi connectivity index (χ1v) is 7.04. The molecule has 1 aromatic heterocycles. The van der Waals surface area contributed by atoms with Crippen molar-refractivity contribution in [2.24, 2.45) is 0 Å². The number of amides is 1. The van der Waals surface area contributed by atoms with Crippen molar-refractivity contribution in [1.29, 1.82) is 0 Å². The number of carbonyl (C=O) groups is 1. The van der Waals surface area contributed by atoms with Crippen LogP contribution in [0.2, 0.25) is 0 Å². The van der Waals surface area contributed by atoms with E-state index >= 15 is 0 Å². The second kappa shape index (κ2) is 6.91.